The molecule has 0 amide bonds. The first-order valence-electron chi connectivity index (χ1n) is 3.83. The van der Waals surface area contributed by atoms with Gasteiger partial charge in [-0.05, 0) is 0 Å². The number of hydrogen-bond donors (Lipinski definition) is 0. The summed E-state index contributed by atoms with van der Waals surface area (Å²) in [5, 5.41) is 0. The quantitative estimate of drug-likeness (QED) is 0.470. The molecule has 0 aromatic heterocycles. The van der Waals surface area contributed by atoms with E-state index in [2.05, 4.69) is 26.6 Å². The second-order valence-electron chi connectivity index (χ2n) is 2.88. The molecule has 1 aromatic carbocycles. The van der Waals surface area contributed by atoms with Crippen molar-refractivity contribution in [3.8, 4) is 0 Å². The van der Waals surface area contributed by atoms with E-state index in [1.165, 1.54) is 0 Å². The minimum absolute atomic E-state index is 0. The molecule has 0 saturated carbocycles. The van der Waals surface area contributed by atoms with E-state index in [1.54, 1.807) is 0 Å². The summed E-state index contributed by atoms with van der Waals surface area (Å²) < 4.78 is 0. The van der Waals surface area contributed by atoms with Crippen LogP contribution in [0.2, 0.25) is 13.1 Å². The minimum atomic E-state index is -0.389. The maximum atomic E-state index is 3.78. The SMILES string of the molecule is Cl.[CH2-][SiH](C)C.[CH2-]c1ccccc1.[Mg+2]. The Kier molecular flexibility index (Phi) is 18.1. The van der Waals surface area contributed by atoms with Gasteiger partial charge < -0.3 is 6.55 Å². The Bertz CT molecular complexity index is 175. The van der Waals surface area contributed by atoms with Crippen molar-refractivity contribution in [1.29, 1.82) is 0 Å². The van der Waals surface area contributed by atoms with Crippen LogP contribution >= 0.6 is 12.4 Å². The van der Waals surface area contributed by atoms with Gasteiger partial charge in [0.2, 0.25) is 0 Å². The van der Waals surface area contributed by atoms with E-state index in [4.69, 9.17) is 0 Å². The van der Waals surface area contributed by atoms with Gasteiger partial charge in [0.05, 0.1) is 0 Å². The molecule has 0 heterocycles. The van der Waals surface area contributed by atoms with Crippen molar-refractivity contribution in [3.63, 3.8) is 0 Å². The van der Waals surface area contributed by atoms with Crippen LogP contribution in [0.4, 0.5) is 0 Å². The van der Waals surface area contributed by atoms with E-state index < -0.39 is 0 Å². The van der Waals surface area contributed by atoms with Gasteiger partial charge in [-0.1, -0.05) is 19.2 Å². The first-order chi connectivity index (χ1) is 5.13. The zero-order valence-corrected chi connectivity index (χ0v) is 11.9. The van der Waals surface area contributed by atoms with Gasteiger partial charge in [0.25, 0.3) is 0 Å². The maximum Gasteiger partial charge on any atom is 2.00 e. The third-order valence-electron chi connectivity index (χ3n) is 0.843. The van der Waals surface area contributed by atoms with E-state index >= 15 is 0 Å². The molecule has 0 N–H and O–H groups in total. The number of halogens is 1. The van der Waals surface area contributed by atoms with Gasteiger partial charge in [0.1, 0.15) is 0 Å². The van der Waals surface area contributed by atoms with Crippen molar-refractivity contribution >= 4 is 44.3 Å². The Balaban J connectivity index is -0.000000150. The van der Waals surface area contributed by atoms with Gasteiger partial charge in [-0.2, -0.15) is 24.6 Å². The molecule has 0 aliphatic rings. The first-order valence-corrected chi connectivity index (χ1v) is 6.95. The molecule has 0 fully saturated rings. The monoisotopic (exact) mass is 224 g/mol. The third-order valence-corrected chi connectivity index (χ3v) is 0.843. The van der Waals surface area contributed by atoms with Crippen LogP contribution < -0.4 is 0 Å². The average molecular weight is 225 g/mol. The molecule has 3 heteroatoms. The van der Waals surface area contributed by atoms with E-state index in [-0.39, 0.29) is 44.3 Å². The molecule has 0 nitrogen and oxygen atoms in total. The van der Waals surface area contributed by atoms with Gasteiger partial charge in [0, 0.05) is 0 Å². The minimum Gasteiger partial charge on any atom is -0.345 e. The van der Waals surface area contributed by atoms with Gasteiger partial charge in [-0.15, -0.1) is 33.3 Å². The molecule has 13 heavy (non-hydrogen) atoms. The molecular weight excluding hydrogens is 208 g/mol. The Morgan fingerprint density at radius 3 is 1.54 bits per heavy atom. The molecule has 0 bridgehead atoms. The van der Waals surface area contributed by atoms with Crippen LogP contribution in [0.3, 0.4) is 0 Å². The predicted molar refractivity (Wildman–Crippen MR) is 68.1 cm³/mol. The molecule has 0 aliphatic heterocycles. The van der Waals surface area contributed by atoms with E-state index in [1.807, 2.05) is 30.3 Å². The number of rotatable bonds is 0. The second-order valence-corrected chi connectivity index (χ2v) is 5.67. The maximum absolute atomic E-state index is 3.78. The normalized spacial score (nSPS) is 7.38. The summed E-state index contributed by atoms with van der Waals surface area (Å²) in [5.41, 5.74) is 1.07. The van der Waals surface area contributed by atoms with Crippen LogP contribution in [-0.4, -0.2) is 31.8 Å². The van der Waals surface area contributed by atoms with Crippen LogP contribution in [0.15, 0.2) is 30.3 Å². The summed E-state index contributed by atoms with van der Waals surface area (Å²) in [4.78, 5) is 0. The molecule has 0 atom stereocenters. The third kappa shape index (κ3) is 19.0. The summed E-state index contributed by atoms with van der Waals surface area (Å²) in [6, 6.07) is 9.87. The van der Waals surface area contributed by atoms with Gasteiger partial charge in [-0.25, -0.2) is 0 Å². The van der Waals surface area contributed by atoms with E-state index in [9.17, 15) is 0 Å². The largest absolute Gasteiger partial charge is 2.00 e. The summed E-state index contributed by atoms with van der Waals surface area (Å²) in [6.45, 7) is 11.9. The molecule has 0 saturated heterocycles. The Morgan fingerprint density at radius 1 is 1.08 bits per heavy atom. The first kappa shape index (κ1) is 19.0. The van der Waals surface area contributed by atoms with Crippen molar-refractivity contribution in [2.45, 2.75) is 13.1 Å². The molecule has 0 aliphatic carbocycles. The van der Waals surface area contributed by atoms with E-state index in [0.717, 1.165) is 5.56 Å². The smallest absolute Gasteiger partial charge is 0.345 e. The van der Waals surface area contributed by atoms with Gasteiger partial charge in [0.15, 0.2) is 0 Å². The predicted octanol–water partition coefficient (Wildman–Crippen LogP) is 2.76. The Labute approximate surface area is 106 Å². The zero-order valence-electron chi connectivity index (χ0n) is 8.49. The van der Waals surface area contributed by atoms with Crippen LogP contribution in [-0.2, 0) is 0 Å². The zero-order chi connectivity index (χ0) is 8.69. The number of benzene rings is 1. The van der Waals surface area contributed by atoms with Crippen molar-refractivity contribution in [1.82, 2.24) is 0 Å². The van der Waals surface area contributed by atoms with Crippen LogP contribution in [0.25, 0.3) is 0 Å². The molecule has 70 valence electrons. The molecule has 1 aromatic rings. The Hall–Kier alpha value is 0.363. The fourth-order valence-corrected chi connectivity index (χ4v) is 0.478. The van der Waals surface area contributed by atoms with Crippen molar-refractivity contribution in [2.75, 3.05) is 0 Å². The topological polar surface area (TPSA) is 0 Å². The fourth-order valence-electron chi connectivity index (χ4n) is 0.478. The van der Waals surface area contributed by atoms with Crippen molar-refractivity contribution < 1.29 is 0 Å². The van der Waals surface area contributed by atoms with Crippen molar-refractivity contribution in [2.24, 2.45) is 0 Å². The fraction of sp³-hybridized carbons (Fsp3) is 0.200. The summed E-state index contributed by atoms with van der Waals surface area (Å²) in [6.07, 6.45) is 0. The van der Waals surface area contributed by atoms with Crippen LogP contribution in [0.1, 0.15) is 5.56 Å². The van der Waals surface area contributed by atoms with Gasteiger partial charge >= 0.3 is 23.1 Å². The van der Waals surface area contributed by atoms with Crippen molar-refractivity contribution in [3.05, 3.63) is 49.4 Å². The van der Waals surface area contributed by atoms with Gasteiger partial charge in [-0.3, -0.25) is 0 Å². The molecule has 0 unspecified atom stereocenters. The molecular formula is C10H17ClMgSi. The summed E-state index contributed by atoms with van der Waals surface area (Å²) in [5.74, 6) is 0. The second kappa shape index (κ2) is 12.4. The standard InChI is InChI=1S/C7H7.C3H9Si.ClH.Mg/c1-7-5-3-2-4-6-7;1-4(2)3;;/h2-6H,1H2;4H,1H2,2-3H3;1H;/q2*-1;;+2. The number of hydrogen-bond acceptors (Lipinski definition) is 0. The van der Waals surface area contributed by atoms with E-state index in [0.29, 0.717) is 0 Å². The average Bonchev–Trinajstić information content (AvgIpc) is 1.87. The molecule has 0 spiro atoms. The summed E-state index contributed by atoms with van der Waals surface area (Å²) >= 11 is 0. The summed E-state index contributed by atoms with van der Waals surface area (Å²) in [7, 11) is -0.389. The van der Waals surface area contributed by atoms with Crippen LogP contribution in [0, 0.1) is 13.5 Å². The molecule has 0 radical (unpaired) electrons. The van der Waals surface area contributed by atoms with Crippen LogP contribution in [0.5, 0.6) is 0 Å². The Morgan fingerprint density at radius 2 is 1.38 bits per heavy atom. The molecule has 1 rings (SSSR count).